The highest BCUT2D eigenvalue weighted by molar-refractivity contribution is 14.0. The molecule has 1 aromatic carbocycles. The molecule has 0 heterocycles. The first kappa shape index (κ1) is 24.1. The fourth-order valence-electron chi connectivity index (χ4n) is 2.04. The number of ether oxygens (including phenoxy) is 2. The van der Waals surface area contributed by atoms with Gasteiger partial charge in [-0.15, -0.1) is 24.0 Å². The van der Waals surface area contributed by atoms with E-state index in [-0.39, 0.29) is 24.0 Å². The number of hydrogen-bond acceptors (Lipinski definition) is 3. The average molecular weight is 463 g/mol. The van der Waals surface area contributed by atoms with Crippen molar-refractivity contribution in [2.75, 3.05) is 26.9 Å². The maximum absolute atomic E-state index is 5.62. The molecular weight excluding hydrogens is 429 g/mol. The van der Waals surface area contributed by atoms with Gasteiger partial charge in [-0.3, -0.25) is 4.99 Å². The molecule has 144 valence electrons. The summed E-state index contributed by atoms with van der Waals surface area (Å²) >= 11 is 0. The highest BCUT2D eigenvalue weighted by Gasteiger charge is 2.08. The van der Waals surface area contributed by atoms with Gasteiger partial charge in [-0.05, 0) is 30.9 Å². The summed E-state index contributed by atoms with van der Waals surface area (Å²) in [5, 5.41) is 6.77. The van der Waals surface area contributed by atoms with Crippen molar-refractivity contribution in [1.82, 2.24) is 10.6 Å². The Morgan fingerprint density at radius 2 is 1.80 bits per heavy atom. The summed E-state index contributed by atoms with van der Waals surface area (Å²) in [6, 6.07) is 8.78. The van der Waals surface area contributed by atoms with Crippen LogP contribution in [0.1, 0.15) is 38.8 Å². The second-order valence-electron chi connectivity index (χ2n) is 6.17. The topological polar surface area (TPSA) is 54.9 Å². The predicted octanol–water partition coefficient (Wildman–Crippen LogP) is 3.57. The van der Waals surface area contributed by atoms with Crippen LogP contribution in [0.3, 0.4) is 0 Å². The minimum absolute atomic E-state index is 0. The number of nitrogens with one attached hydrogen (secondary N) is 2. The predicted molar refractivity (Wildman–Crippen MR) is 116 cm³/mol. The Balaban J connectivity index is 0.00000576. The number of nitrogens with zero attached hydrogens (tertiary/aromatic N) is 1. The molecule has 1 rings (SSSR count). The van der Waals surface area contributed by atoms with Gasteiger partial charge in [0.2, 0.25) is 0 Å². The monoisotopic (exact) mass is 463 g/mol. The van der Waals surface area contributed by atoms with Gasteiger partial charge >= 0.3 is 0 Å². The highest BCUT2D eigenvalue weighted by atomic mass is 127. The van der Waals surface area contributed by atoms with E-state index in [0.29, 0.717) is 31.8 Å². The quantitative estimate of drug-likeness (QED) is 0.241. The summed E-state index contributed by atoms with van der Waals surface area (Å²) in [6.07, 6.45) is 0. The summed E-state index contributed by atoms with van der Waals surface area (Å²) < 4.78 is 10.9. The highest BCUT2D eigenvalue weighted by Crippen LogP contribution is 2.07. The lowest BCUT2D eigenvalue weighted by Gasteiger charge is -2.20. The van der Waals surface area contributed by atoms with Crippen LogP contribution >= 0.6 is 24.0 Å². The van der Waals surface area contributed by atoms with E-state index >= 15 is 0 Å². The Morgan fingerprint density at radius 1 is 1.12 bits per heavy atom. The van der Waals surface area contributed by atoms with Crippen molar-refractivity contribution in [3.8, 4) is 0 Å². The number of rotatable bonds is 10. The van der Waals surface area contributed by atoms with Crippen molar-refractivity contribution in [3.05, 3.63) is 35.4 Å². The van der Waals surface area contributed by atoms with E-state index < -0.39 is 0 Å². The minimum atomic E-state index is 0. The third-order valence-corrected chi connectivity index (χ3v) is 3.88. The molecule has 1 aromatic rings. The minimum Gasteiger partial charge on any atom is -0.379 e. The van der Waals surface area contributed by atoms with Crippen LogP contribution in [0.15, 0.2) is 29.3 Å². The lowest BCUT2D eigenvalue weighted by atomic mass is 10.1. The second-order valence-corrected chi connectivity index (χ2v) is 6.17. The molecule has 1 unspecified atom stereocenters. The van der Waals surface area contributed by atoms with Crippen LogP contribution in [0, 0.1) is 5.92 Å². The SMILES string of the molecule is CCOCCOCc1cccc(CNC(=NC)NC(C)C(C)C)c1.I. The van der Waals surface area contributed by atoms with Crippen LogP contribution in [0.2, 0.25) is 0 Å². The molecule has 0 amide bonds. The third kappa shape index (κ3) is 10.7. The Kier molecular flexibility index (Phi) is 13.8. The normalized spacial score (nSPS) is 12.6. The van der Waals surface area contributed by atoms with Crippen LogP contribution in [-0.4, -0.2) is 38.9 Å². The summed E-state index contributed by atoms with van der Waals surface area (Å²) in [6.45, 7) is 11.9. The maximum Gasteiger partial charge on any atom is 0.191 e. The van der Waals surface area contributed by atoms with Crippen LogP contribution in [0.25, 0.3) is 0 Å². The summed E-state index contributed by atoms with van der Waals surface area (Å²) in [5.74, 6) is 1.38. The fraction of sp³-hybridized carbons (Fsp3) is 0.632. The largest absolute Gasteiger partial charge is 0.379 e. The van der Waals surface area contributed by atoms with Crippen LogP contribution < -0.4 is 10.6 Å². The fourth-order valence-corrected chi connectivity index (χ4v) is 2.04. The molecule has 0 aromatic heterocycles. The summed E-state index contributed by atoms with van der Waals surface area (Å²) in [4.78, 5) is 4.28. The van der Waals surface area contributed by atoms with Gasteiger partial charge in [0.05, 0.1) is 19.8 Å². The molecule has 2 N–H and O–H groups in total. The van der Waals surface area contributed by atoms with Crippen molar-refractivity contribution in [2.24, 2.45) is 10.9 Å². The first-order chi connectivity index (χ1) is 11.6. The Hall–Kier alpha value is -0.860. The molecule has 0 spiro atoms. The van der Waals surface area contributed by atoms with Gasteiger partial charge in [-0.2, -0.15) is 0 Å². The van der Waals surface area contributed by atoms with Gasteiger partial charge in [0.1, 0.15) is 0 Å². The van der Waals surface area contributed by atoms with Crippen LogP contribution in [0.5, 0.6) is 0 Å². The summed E-state index contributed by atoms with van der Waals surface area (Å²) in [7, 11) is 1.80. The maximum atomic E-state index is 5.62. The van der Waals surface area contributed by atoms with E-state index in [9.17, 15) is 0 Å². The smallest absolute Gasteiger partial charge is 0.191 e. The zero-order chi connectivity index (χ0) is 17.8. The lowest BCUT2D eigenvalue weighted by Crippen LogP contribution is -2.43. The van der Waals surface area contributed by atoms with Crippen molar-refractivity contribution in [1.29, 1.82) is 0 Å². The first-order valence-corrected chi connectivity index (χ1v) is 8.77. The molecule has 0 aliphatic carbocycles. The molecule has 1 atom stereocenters. The molecule has 0 saturated heterocycles. The number of halogens is 1. The molecule has 25 heavy (non-hydrogen) atoms. The van der Waals surface area contributed by atoms with Gasteiger partial charge in [0.15, 0.2) is 5.96 Å². The third-order valence-electron chi connectivity index (χ3n) is 3.88. The number of benzene rings is 1. The Bertz CT molecular complexity index is 495. The van der Waals surface area contributed by atoms with E-state index in [0.717, 1.165) is 19.1 Å². The van der Waals surface area contributed by atoms with Gasteiger partial charge in [0, 0.05) is 26.2 Å². The van der Waals surface area contributed by atoms with Gasteiger partial charge < -0.3 is 20.1 Å². The molecule has 5 nitrogen and oxygen atoms in total. The van der Waals surface area contributed by atoms with E-state index in [2.05, 4.69) is 60.7 Å². The lowest BCUT2D eigenvalue weighted by molar-refractivity contribution is 0.0453. The van der Waals surface area contributed by atoms with E-state index in [1.54, 1.807) is 7.05 Å². The van der Waals surface area contributed by atoms with Crippen LogP contribution in [0.4, 0.5) is 0 Å². The van der Waals surface area contributed by atoms with Crippen molar-refractivity contribution >= 4 is 29.9 Å². The van der Waals surface area contributed by atoms with Crippen molar-refractivity contribution < 1.29 is 9.47 Å². The van der Waals surface area contributed by atoms with Gasteiger partial charge in [-0.25, -0.2) is 0 Å². The number of aliphatic imine (C=N–C) groups is 1. The van der Waals surface area contributed by atoms with E-state index in [1.807, 2.05) is 6.92 Å². The average Bonchev–Trinajstić information content (AvgIpc) is 2.58. The standard InChI is InChI=1S/C19H33N3O2.HI/c1-6-23-10-11-24-14-18-9-7-8-17(12-18)13-21-19(20-5)22-16(4)15(2)3;/h7-9,12,15-16H,6,10-11,13-14H2,1-5H3,(H2,20,21,22);1H. The van der Waals surface area contributed by atoms with E-state index in [4.69, 9.17) is 9.47 Å². The Labute approximate surface area is 170 Å². The summed E-state index contributed by atoms with van der Waals surface area (Å²) in [5.41, 5.74) is 2.38. The number of guanidine groups is 1. The zero-order valence-electron chi connectivity index (χ0n) is 16.2. The van der Waals surface area contributed by atoms with Crippen LogP contribution in [-0.2, 0) is 22.6 Å². The van der Waals surface area contributed by atoms with Crippen molar-refractivity contribution in [3.63, 3.8) is 0 Å². The van der Waals surface area contributed by atoms with Gasteiger partial charge in [0.25, 0.3) is 0 Å². The van der Waals surface area contributed by atoms with E-state index in [1.165, 1.54) is 11.1 Å². The number of hydrogen-bond donors (Lipinski definition) is 2. The molecule has 0 bridgehead atoms. The molecule has 0 radical (unpaired) electrons. The molecule has 0 saturated carbocycles. The second kappa shape index (κ2) is 14.3. The van der Waals surface area contributed by atoms with Gasteiger partial charge in [-0.1, -0.05) is 38.1 Å². The van der Waals surface area contributed by atoms with Crippen molar-refractivity contribution in [2.45, 2.75) is 46.9 Å². The first-order valence-electron chi connectivity index (χ1n) is 8.77. The zero-order valence-corrected chi connectivity index (χ0v) is 18.5. The molecule has 0 aliphatic heterocycles. The molecular formula is C19H34IN3O2. The Morgan fingerprint density at radius 3 is 2.44 bits per heavy atom. The molecule has 0 fully saturated rings. The molecule has 6 heteroatoms. The molecule has 0 aliphatic rings.